The van der Waals surface area contributed by atoms with E-state index in [2.05, 4.69) is 20.4 Å². The molecular weight excluding hydrogens is 296 g/mol. The fourth-order valence-corrected chi connectivity index (χ4v) is 3.10. The van der Waals surface area contributed by atoms with Crippen molar-refractivity contribution < 1.29 is 13.2 Å². The van der Waals surface area contributed by atoms with E-state index < -0.39 is 10.0 Å². The minimum atomic E-state index is -3.86. The van der Waals surface area contributed by atoms with Gasteiger partial charge in [0, 0.05) is 26.2 Å². The lowest BCUT2D eigenvalue weighted by Gasteiger charge is -2.07. The molecule has 114 valence electrons. The van der Waals surface area contributed by atoms with Crippen LogP contribution in [-0.4, -0.2) is 37.3 Å². The van der Waals surface area contributed by atoms with Gasteiger partial charge < -0.3 is 10.7 Å². The predicted octanol–water partition coefficient (Wildman–Crippen LogP) is -0.966. The first-order valence-corrected chi connectivity index (χ1v) is 7.62. The molecule has 2 heterocycles. The molecule has 0 aliphatic heterocycles. The Bertz CT molecular complexity index is 754. The number of nitrogens with two attached hydrogens (primary N) is 1. The predicted molar refractivity (Wildman–Crippen MR) is 76.9 cm³/mol. The van der Waals surface area contributed by atoms with Crippen LogP contribution in [0, 0.1) is 0 Å². The second-order valence-electron chi connectivity index (χ2n) is 4.16. The number of hydrogen-bond donors (Lipinski definition) is 4. The van der Waals surface area contributed by atoms with Crippen molar-refractivity contribution in [1.82, 2.24) is 19.4 Å². The number of sulfonamides is 1. The highest BCUT2D eigenvalue weighted by Crippen LogP contribution is 2.21. The van der Waals surface area contributed by atoms with E-state index >= 15 is 0 Å². The molecule has 0 atom stereocenters. The fourth-order valence-electron chi connectivity index (χ4n) is 1.82. The lowest BCUT2D eigenvalue weighted by molar-refractivity contribution is -0.120. The lowest BCUT2D eigenvalue weighted by atomic mass is 10.4. The summed E-state index contributed by atoms with van der Waals surface area (Å²) >= 11 is 0. The summed E-state index contributed by atoms with van der Waals surface area (Å²) in [7, 11) is -2.38. The summed E-state index contributed by atoms with van der Waals surface area (Å²) in [5, 5.41) is 2.31. The summed E-state index contributed by atoms with van der Waals surface area (Å²) < 4.78 is 28.5. The Morgan fingerprint density at radius 3 is 2.86 bits per heavy atom. The highest BCUT2D eigenvalue weighted by molar-refractivity contribution is 7.89. The van der Waals surface area contributed by atoms with Crippen molar-refractivity contribution in [1.29, 1.82) is 0 Å². The number of hydrogen-bond acceptors (Lipinski definition) is 6. The number of fused-ring (bicyclic) bond motifs is 1. The molecule has 0 radical (unpaired) electrons. The van der Waals surface area contributed by atoms with Gasteiger partial charge in [-0.15, -0.1) is 0 Å². The van der Waals surface area contributed by atoms with Crippen molar-refractivity contribution >= 4 is 27.4 Å². The van der Waals surface area contributed by atoms with E-state index in [1.165, 1.54) is 11.4 Å². The summed E-state index contributed by atoms with van der Waals surface area (Å²) in [6.45, 7) is -0.0217. The average molecular weight is 312 g/mol. The first-order chi connectivity index (χ1) is 9.99. The third kappa shape index (κ3) is 3.12. The van der Waals surface area contributed by atoms with Crippen LogP contribution in [0.3, 0.4) is 0 Å². The topological polar surface area (TPSA) is 131 Å². The molecule has 0 aliphatic rings. The Labute approximate surface area is 121 Å². The Hall–Kier alpha value is -2.17. The molecule has 5 N–H and O–H groups in total. The van der Waals surface area contributed by atoms with Crippen molar-refractivity contribution in [2.24, 2.45) is 5.84 Å². The summed E-state index contributed by atoms with van der Waals surface area (Å²) in [4.78, 5) is 15.2. The molecular formula is C11H16N6O3S. The van der Waals surface area contributed by atoms with Crippen LogP contribution in [0.2, 0.25) is 0 Å². The molecule has 0 fully saturated rings. The van der Waals surface area contributed by atoms with E-state index in [1.807, 2.05) is 0 Å². The number of aromatic nitrogens is 2. The number of amides is 1. The second-order valence-corrected chi connectivity index (χ2v) is 5.84. The minimum absolute atomic E-state index is 0.0217. The first-order valence-electron chi connectivity index (χ1n) is 6.13. The Kier molecular flexibility index (Phi) is 4.40. The SMILES string of the molecule is CNC(=O)CCNS(=O)(=O)c1c(NN)nc2ccccn12. The molecule has 0 spiro atoms. The minimum Gasteiger partial charge on any atom is -0.359 e. The molecule has 0 aromatic carbocycles. The summed E-state index contributed by atoms with van der Waals surface area (Å²) in [5.74, 6) is 5.11. The summed E-state index contributed by atoms with van der Waals surface area (Å²) in [6, 6.07) is 5.07. The van der Waals surface area contributed by atoms with Crippen molar-refractivity contribution in [3.05, 3.63) is 24.4 Å². The van der Waals surface area contributed by atoms with Crippen LogP contribution < -0.4 is 21.3 Å². The zero-order valence-corrected chi connectivity index (χ0v) is 12.1. The van der Waals surface area contributed by atoms with Gasteiger partial charge in [0.1, 0.15) is 5.65 Å². The number of nitrogens with zero attached hydrogens (tertiary/aromatic N) is 2. The van der Waals surface area contributed by atoms with Crippen LogP contribution in [0.1, 0.15) is 6.42 Å². The maximum Gasteiger partial charge on any atom is 0.260 e. The molecule has 2 aromatic rings. The highest BCUT2D eigenvalue weighted by atomic mass is 32.2. The van der Waals surface area contributed by atoms with E-state index in [0.717, 1.165) is 0 Å². The number of hydrazine groups is 1. The van der Waals surface area contributed by atoms with E-state index in [9.17, 15) is 13.2 Å². The average Bonchev–Trinajstić information content (AvgIpc) is 2.86. The van der Waals surface area contributed by atoms with Crippen molar-refractivity contribution in [3.63, 3.8) is 0 Å². The molecule has 2 rings (SSSR count). The molecule has 0 saturated carbocycles. The van der Waals surface area contributed by atoms with Gasteiger partial charge in [-0.1, -0.05) is 6.07 Å². The number of carbonyl (C=O) groups excluding carboxylic acids is 1. The smallest absolute Gasteiger partial charge is 0.260 e. The second kappa shape index (κ2) is 6.08. The van der Waals surface area contributed by atoms with Gasteiger partial charge in [-0.25, -0.2) is 24.0 Å². The zero-order chi connectivity index (χ0) is 15.5. The van der Waals surface area contributed by atoms with Crippen LogP contribution in [-0.2, 0) is 14.8 Å². The third-order valence-electron chi connectivity index (χ3n) is 2.80. The normalized spacial score (nSPS) is 11.5. The Morgan fingerprint density at radius 1 is 1.43 bits per heavy atom. The van der Waals surface area contributed by atoms with Crippen LogP contribution in [0.5, 0.6) is 0 Å². The summed E-state index contributed by atoms with van der Waals surface area (Å²) in [5.41, 5.74) is 2.71. The quantitative estimate of drug-likeness (QED) is 0.401. The maximum absolute atomic E-state index is 12.4. The molecule has 0 bridgehead atoms. The van der Waals surface area contributed by atoms with Crippen LogP contribution >= 0.6 is 0 Å². The van der Waals surface area contributed by atoms with Gasteiger partial charge in [0.25, 0.3) is 10.0 Å². The number of anilines is 1. The lowest BCUT2D eigenvalue weighted by Crippen LogP contribution is -2.30. The van der Waals surface area contributed by atoms with Crippen LogP contribution in [0.4, 0.5) is 5.82 Å². The van der Waals surface area contributed by atoms with Gasteiger partial charge in [-0.2, -0.15) is 0 Å². The molecule has 21 heavy (non-hydrogen) atoms. The third-order valence-corrected chi connectivity index (χ3v) is 4.28. The van der Waals surface area contributed by atoms with E-state index in [1.54, 1.807) is 24.4 Å². The highest BCUT2D eigenvalue weighted by Gasteiger charge is 2.24. The zero-order valence-electron chi connectivity index (χ0n) is 11.3. The Morgan fingerprint density at radius 2 is 2.19 bits per heavy atom. The van der Waals surface area contributed by atoms with Gasteiger partial charge in [0.05, 0.1) is 0 Å². The van der Waals surface area contributed by atoms with Gasteiger partial charge >= 0.3 is 0 Å². The van der Waals surface area contributed by atoms with Gasteiger partial charge in [0.15, 0.2) is 10.8 Å². The molecule has 0 saturated heterocycles. The van der Waals surface area contributed by atoms with Gasteiger partial charge in [-0.05, 0) is 12.1 Å². The number of nitrogen functional groups attached to an aromatic ring is 1. The Balaban J connectivity index is 2.33. The summed E-state index contributed by atoms with van der Waals surface area (Å²) in [6.07, 6.45) is 1.61. The van der Waals surface area contributed by atoms with Gasteiger partial charge in [-0.3, -0.25) is 9.20 Å². The molecule has 0 aliphatic carbocycles. The number of pyridine rings is 1. The van der Waals surface area contributed by atoms with E-state index in [-0.39, 0.29) is 29.7 Å². The molecule has 1 amide bonds. The van der Waals surface area contributed by atoms with Crippen LogP contribution in [0.15, 0.2) is 29.4 Å². The van der Waals surface area contributed by atoms with E-state index in [4.69, 9.17) is 5.84 Å². The number of carbonyl (C=O) groups is 1. The van der Waals surface area contributed by atoms with Gasteiger partial charge in [0.2, 0.25) is 5.91 Å². The molecule has 2 aromatic heterocycles. The van der Waals surface area contributed by atoms with E-state index in [0.29, 0.717) is 5.65 Å². The van der Waals surface area contributed by atoms with Crippen molar-refractivity contribution in [3.8, 4) is 0 Å². The largest absolute Gasteiger partial charge is 0.359 e. The molecule has 9 nitrogen and oxygen atoms in total. The fraction of sp³-hybridized carbons (Fsp3) is 0.273. The molecule has 10 heteroatoms. The van der Waals surface area contributed by atoms with Crippen LogP contribution in [0.25, 0.3) is 5.65 Å². The van der Waals surface area contributed by atoms with Crippen molar-refractivity contribution in [2.75, 3.05) is 19.0 Å². The maximum atomic E-state index is 12.4. The number of nitrogens with one attached hydrogen (secondary N) is 3. The number of rotatable bonds is 6. The first kappa shape index (κ1) is 15.2. The standard InChI is InChI=1S/C11H16N6O3S/c1-13-9(18)5-6-14-21(19,20)11-10(16-12)15-8-4-2-3-7-17(8)11/h2-4,7,14,16H,5-6,12H2,1H3,(H,13,18). The monoisotopic (exact) mass is 312 g/mol. The van der Waals surface area contributed by atoms with Crippen molar-refractivity contribution in [2.45, 2.75) is 11.4 Å². The molecule has 0 unspecified atom stereocenters. The number of imidazole rings is 1.